The van der Waals surface area contributed by atoms with Crippen LogP contribution >= 0.6 is 11.6 Å². The van der Waals surface area contributed by atoms with Gasteiger partial charge in [0.05, 0.1) is 0 Å². The van der Waals surface area contributed by atoms with Crippen molar-refractivity contribution in [1.29, 1.82) is 0 Å². The summed E-state index contributed by atoms with van der Waals surface area (Å²) in [5.74, 6) is -0.173. The number of amides is 1. The molecule has 0 heterocycles. The van der Waals surface area contributed by atoms with E-state index in [1.807, 2.05) is 50.2 Å². The molecular weight excluding hydrogens is 270 g/mol. The van der Waals surface area contributed by atoms with Crippen LogP contribution in [0.3, 0.4) is 0 Å². The Hall–Kier alpha value is -2.06. The number of hydrogen-bond donors (Lipinski definition) is 1. The van der Waals surface area contributed by atoms with Crippen molar-refractivity contribution < 1.29 is 4.79 Å². The highest BCUT2D eigenvalue weighted by Gasteiger charge is 2.00. The molecule has 0 spiro atoms. The summed E-state index contributed by atoms with van der Waals surface area (Å²) < 4.78 is 0. The Morgan fingerprint density at radius 3 is 2.55 bits per heavy atom. The maximum Gasteiger partial charge on any atom is 0.248 e. The van der Waals surface area contributed by atoms with Gasteiger partial charge < -0.3 is 5.32 Å². The smallest absolute Gasteiger partial charge is 0.248 e. The lowest BCUT2D eigenvalue weighted by Crippen LogP contribution is -2.07. The number of aryl methyl sites for hydroxylation is 2. The van der Waals surface area contributed by atoms with E-state index in [-0.39, 0.29) is 5.91 Å². The lowest BCUT2D eigenvalue weighted by molar-refractivity contribution is -0.111. The van der Waals surface area contributed by atoms with Crippen LogP contribution in [0.15, 0.2) is 48.5 Å². The quantitative estimate of drug-likeness (QED) is 0.820. The Labute approximate surface area is 124 Å². The Kier molecular flexibility index (Phi) is 4.59. The largest absolute Gasteiger partial charge is 0.323 e. The number of hydrogen-bond acceptors (Lipinski definition) is 1. The molecular formula is C17H16ClNO. The van der Waals surface area contributed by atoms with Crippen molar-refractivity contribution in [3.8, 4) is 0 Å². The summed E-state index contributed by atoms with van der Waals surface area (Å²) in [5.41, 5.74) is 3.97. The second-order valence-electron chi connectivity index (χ2n) is 4.64. The van der Waals surface area contributed by atoms with Gasteiger partial charge in [0.1, 0.15) is 0 Å². The van der Waals surface area contributed by atoms with Gasteiger partial charge in [0.25, 0.3) is 0 Å². The molecule has 2 nitrogen and oxygen atoms in total. The highest BCUT2D eigenvalue weighted by Crippen LogP contribution is 2.17. The fraction of sp³-hybridized carbons (Fsp3) is 0.118. The van der Waals surface area contributed by atoms with Crippen LogP contribution in [0, 0.1) is 13.8 Å². The SMILES string of the molecule is Cc1ccc(NC(=O)/C=C/c2ccccc2Cl)cc1C. The van der Waals surface area contributed by atoms with E-state index >= 15 is 0 Å². The van der Waals surface area contributed by atoms with Gasteiger partial charge >= 0.3 is 0 Å². The Morgan fingerprint density at radius 1 is 1.10 bits per heavy atom. The zero-order valence-corrected chi connectivity index (χ0v) is 12.2. The number of rotatable bonds is 3. The Morgan fingerprint density at radius 2 is 1.85 bits per heavy atom. The summed E-state index contributed by atoms with van der Waals surface area (Å²) in [4.78, 5) is 11.9. The molecule has 1 N–H and O–H groups in total. The highest BCUT2D eigenvalue weighted by molar-refractivity contribution is 6.32. The second kappa shape index (κ2) is 6.40. The van der Waals surface area contributed by atoms with Crippen molar-refractivity contribution in [3.63, 3.8) is 0 Å². The standard InChI is InChI=1S/C17H16ClNO/c1-12-7-9-15(11-13(12)2)19-17(20)10-8-14-5-3-4-6-16(14)18/h3-11H,1-2H3,(H,19,20)/b10-8+. The fourth-order valence-electron chi connectivity index (χ4n) is 1.78. The lowest BCUT2D eigenvalue weighted by atomic mass is 10.1. The van der Waals surface area contributed by atoms with Crippen LogP contribution < -0.4 is 5.32 Å². The Balaban J connectivity index is 2.06. The first-order valence-electron chi connectivity index (χ1n) is 6.37. The summed E-state index contributed by atoms with van der Waals surface area (Å²) >= 11 is 6.02. The molecule has 0 aliphatic heterocycles. The summed E-state index contributed by atoms with van der Waals surface area (Å²) in [7, 11) is 0. The number of carbonyl (C=O) groups is 1. The molecule has 1 amide bonds. The normalized spacial score (nSPS) is 10.8. The molecule has 0 saturated heterocycles. The molecule has 2 rings (SSSR count). The van der Waals surface area contributed by atoms with E-state index in [9.17, 15) is 4.79 Å². The average Bonchev–Trinajstić information content (AvgIpc) is 2.42. The van der Waals surface area contributed by atoms with Gasteiger partial charge in [0.2, 0.25) is 5.91 Å². The molecule has 0 aliphatic carbocycles. The van der Waals surface area contributed by atoms with Gasteiger partial charge in [0.15, 0.2) is 0 Å². The first kappa shape index (κ1) is 14.4. The average molecular weight is 286 g/mol. The molecule has 0 atom stereocenters. The van der Waals surface area contributed by atoms with E-state index < -0.39 is 0 Å². The molecule has 20 heavy (non-hydrogen) atoms. The number of nitrogens with one attached hydrogen (secondary N) is 1. The molecule has 2 aromatic carbocycles. The maximum atomic E-state index is 11.9. The first-order chi connectivity index (χ1) is 9.56. The Bertz CT molecular complexity index is 662. The maximum absolute atomic E-state index is 11.9. The minimum absolute atomic E-state index is 0.173. The van der Waals surface area contributed by atoms with Crippen LogP contribution in [0.5, 0.6) is 0 Å². The van der Waals surface area contributed by atoms with E-state index in [2.05, 4.69) is 5.32 Å². The summed E-state index contributed by atoms with van der Waals surface area (Å²) in [6.07, 6.45) is 3.19. The van der Waals surface area contributed by atoms with Gasteiger partial charge in [-0.05, 0) is 54.8 Å². The van der Waals surface area contributed by atoms with Crippen LogP contribution in [-0.2, 0) is 4.79 Å². The first-order valence-corrected chi connectivity index (χ1v) is 6.75. The second-order valence-corrected chi connectivity index (χ2v) is 5.05. The summed E-state index contributed by atoms with van der Waals surface area (Å²) in [5, 5.41) is 3.46. The number of halogens is 1. The van der Waals surface area contributed by atoms with Crippen LogP contribution in [0.2, 0.25) is 5.02 Å². The third-order valence-electron chi connectivity index (χ3n) is 3.09. The van der Waals surface area contributed by atoms with Crippen molar-refractivity contribution in [2.75, 3.05) is 5.32 Å². The van der Waals surface area contributed by atoms with Gasteiger partial charge in [-0.25, -0.2) is 0 Å². The predicted molar refractivity (Wildman–Crippen MR) is 85.0 cm³/mol. The molecule has 0 aliphatic rings. The number of anilines is 1. The van der Waals surface area contributed by atoms with Crippen molar-refractivity contribution in [3.05, 3.63) is 70.3 Å². The third kappa shape index (κ3) is 3.72. The lowest BCUT2D eigenvalue weighted by Gasteiger charge is -2.05. The van der Waals surface area contributed by atoms with Crippen LogP contribution in [0.25, 0.3) is 6.08 Å². The van der Waals surface area contributed by atoms with Gasteiger partial charge in [-0.15, -0.1) is 0 Å². The van der Waals surface area contributed by atoms with Crippen LogP contribution in [0.1, 0.15) is 16.7 Å². The number of benzene rings is 2. The topological polar surface area (TPSA) is 29.1 Å². The molecule has 0 bridgehead atoms. The van der Waals surface area contributed by atoms with E-state index in [1.54, 1.807) is 12.1 Å². The van der Waals surface area contributed by atoms with Crippen molar-refractivity contribution in [2.45, 2.75) is 13.8 Å². The van der Waals surface area contributed by atoms with Gasteiger partial charge in [0, 0.05) is 16.8 Å². The summed E-state index contributed by atoms with van der Waals surface area (Å²) in [6.45, 7) is 4.06. The third-order valence-corrected chi connectivity index (χ3v) is 3.44. The van der Waals surface area contributed by atoms with Crippen molar-refractivity contribution in [1.82, 2.24) is 0 Å². The van der Waals surface area contributed by atoms with Crippen molar-refractivity contribution in [2.24, 2.45) is 0 Å². The van der Waals surface area contributed by atoms with E-state index in [0.717, 1.165) is 16.8 Å². The molecule has 3 heteroatoms. The molecule has 0 fully saturated rings. The number of carbonyl (C=O) groups excluding carboxylic acids is 1. The van der Waals surface area contributed by atoms with Crippen molar-refractivity contribution >= 4 is 29.3 Å². The van der Waals surface area contributed by atoms with Gasteiger partial charge in [-0.2, -0.15) is 0 Å². The molecule has 0 aromatic heterocycles. The minimum atomic E-state index is -0.173. The molecule has 0 radical (unpaired) electrons. The molecule has 102 valence electrons. The molecule has 2 aromatic rings. The van der Waals surface area contributed by atoms with Crippen LogP contribution in [0.4, 0.5) is 5.69 Å². The van der Waals surface area contributed by atoms with Crippen LogP contribution in [-0.4, -0.2) is 5.91 Å². The van der Waals surface area contributed by atoms with E-state index in [0.29, 0.717) is 5.02 Å². The zero-order valence-electron chi connectivity index (χ0n) is 11.5. The highest BCUT2D eigenvalue weighted by atomic mass is 35.5. The fourth-order valence-corrected chi connectivity index (χ4v) is 1.98. The molecule has 0 unspecified atom stereocenters. The van der Waals surface area contributed by atoms with E-state index in [4.69, 9.17) is 11.6 Å². The van der Waals surface area contributed by atoms with E-state index in [1.165, 1.54) is 11.6 Å². The minimum Gasteiger partial charge on any atom is -0.323 e. The predicted octanol–water partition coefficient (Wildman–Crippen LogP) is 4.61. The zero-order chi connectivity index (χ0) is 14.5. The molecule has 0 saturated carbocycles. The summed E-state index contributed by atoms with van der Waals surface area (Å²) in [6, 6.07) is 13.2. The monoisotopic (exact) mass is 285 g/mol. The van der Waals surface area contributed by atoms with Gasteiger partial charge in [-0.1, -0.05) is 35.9 Å². The van der Waals surface area contributed by atoms with Gasteiger partial charge in [-0.3, -0.25) is 4.79 Å².